The molecule has 0 aliphatic carbocycles. The molecule has 1 N–H and O–H groups in total. The van der Waals surface area contributed by atoms with Gasteiger partial charge in [-0.05, 0) is 13.8 Å². The van der Waals surface area contributed by atoms with Gasteiger partial charge in [0.15, 0.2) is 0 Å². The van der Waals surface area contributed by atoms with Crippen LogP contribution in [0.1, 0.15) is 29.3 Å². The molecule has 14 heavy (non-hydrogen) atoms. The van der Waals surface area contributed by atoms with Gasteiger partial charge in [0.25, 0.3) is 0 Å². The highest BCUT2D eigenvalue weighted by Gasteiger charge is 2.11. The largest absolute Gasteiger partial charge is 0.347 e. The monoisotopic (exact) mass is 232 g/mol. The number of carbonyl (C=O) groups is 1. The second kappa shape index (κ2) is 5.32. The molecule has 0 fully saturated rings. The van der Waals surface area contributed by atoms with Crippen molar-refractivity contribution in [2.24, 2.45) is 0 Å². The fraction of sp³-hybridized carbons (Fsp3) is 0.556. The van der Waals surface area contributed by atoms with E-state index in [9.17, 15) is 4.79 Å². The number of aryl methyl sites for hydroxylation is 1. The minimum Gasteiger partial charge on any atom is -0.347 e. The second-order valence-corrected chi connectivity index (χ2v) is 4.68. The summed E-state index contributed by atoms with van der Waals surface area (Å²) in [5.74, 6) is 0.329. The van der Waals surface area contributed by atoms with E-state index in [0.29, 0.717) is 12.3 Å². The van der Waals surface area contributed by atoms with E-state index in [2.05, 4.69) is 10.3 Å². The topological polar surface area (TPSA) is 42.0 Å². The van der Waals surface area contributed by atoms with Crippen LogP contribution in [0.3, 0.4) is 0 Å². The summed E-state index contributed by atoms with van der Waals surface area (Å²) in [5, 5.41) is 3.77. The SMILES string of the molecule is Cc1cnc(C(C)NC(=O)CCCl)s1. The van der Waals surface area contributed by atoms with Crippen LogP contribution in [0.4, 0.5) is 0 Å². The number of alkyl halides is 1. The van der Waals surface area contributed by atoms with Crippen molar-refractivity contribution in [3.8, 4) is 0 Å². The third-order valence-electron chi connectivity index (χ3n) is 1.71. The van der Waals surface area contributed by atoms with Crippen LogP contribution in [0.2, 0.25) is 0 Å². The van der Waals surface area contributed by atoms with Crippen LogP contribution in [0.25, 0.3) is 0 Å². The molecule has 1 aromatic rings. The van der Waals surface area contributed by atoms with Gasteiger partial charge in [-0.3, -0.25) is 4.79 Å². The van der Waals surface area contributed by atoms with Gasteiger partial charge in [0.05, 0.1) is 6.04 Å². The van der Waals surface area contributed by atoms with Crippen LogP contribution in [-0.2, 0) is 4.79 Å². The van der Waals surface area contributed by atoms with Gasteiger partial charge in [0.1, 0.15) is 5.01 Å². The Bertz CT molecular complexity index is 314. The molecule has 1 atom stereocenters. The number of hydrogen-bond donors (Lipinski definition) is 1. The highest BCUT2D eigenvalue weighted by molar-refractivity contribution is 7.11. The predicted molar refractivity (Wildman–Crippen MR) is 58.7 cm³/mol. The summed E-state index contributed by atoms with van der Waals surface area (Å²) in [6.07, 6.45) is 2.17. The zero-order chi connectivity index (χ0) is 10.6. The maximum atomic E-state index is 11.2. The van der Waals surface area contributed by atoms with Gasteiger partial charge in [-0.2, -0.15) is 0 Å². The van der Waals surface area contributed by atoms with E-state index in [1.807, 2.05) is 20.0 Å². The van der Waals surface area contributed by atoms with Crippen molar-refractivity contribution >= 4 is 28.8 Å². The smallest absolute Gasteiger partial charge is 0.221 e. The number of carbonyl (C=O) groups excluding carboxylic acids is 1. The molecule has 1 heterocycles. The van der Waals surface area contributed by atoms with Crippen LogP contribution >= 0.6 is 22.9 Å². The first-order chi connectivity index (χ1) is 6.63. The number of hydrogen-bond acceptors (Lipinski definition) is 3. The molecule has 0 saturated heterocycles. The molecular weight excluding hydrogens is 220 g/mol. The maximum Gasteiger partial charge on any atom is 0.221 e. The molecule has 0 bridgehead atoms. The molecule has 1 rings (SSSR count). The number of aromatic nitrogens is 1. The summed E-state index contributed by atoms with van der Waals surface area (Å²) in [4.78, 5) is 16.6. The number of nitrogens with zero attached hydrogens (tertiary/aromatic N) is 1. The van der Waals surface area contributed by atoms with Gasteiger partial charge < -0.3 is 5.32 Å². The number of amides is 1. The molecule has 0 aromatic carbocycles. The van der Waals surface area contributed by atoms with Crippen molar-refractivity contribution in [3.63, 3.8) is 0 Å². The lowest BCUT2D eigenvalue weighted by Gasteiger charge is -2.09. The second-order valence-electron chi connectivity index (χ2n) is 3.04. The van der Waals surface area contributed by atoms with Gasteiger partial charge in [0, 0.05) is 23.4 Å². The Labute approximate surface area is 92.5 Å². The zero-order valence-corrected chi connectivity index (χ0v) is 9.78. The van der Waals surface area contributed by atoms with Gasteiger partial charge in [-0.1, -0.05) is 0 Å². The summed E-state index contributed by atoms with van der Waals surface area (Å²) in [6, 6.07) is -0.0237. The van der Waals surface area contributed by atoms with Crippen molar-refractivity contribution in [1.82, 2.24) is 10.3 Å². The molecule has 1 amide bonds. The van der Waals surface area contributed by atoms with Crippen molar-refractivity contribution in [1.29, 1.82) is 0 Å². The molecule has 0 aliphatic heterocycles. The van der Waals surface area contributed by atoms with Gasteiger partial charge in [0.2, 0.25) is 5.91 Å². The van der Waals surface area contributed by atoms with Crippen LogP contribution in [0.5, 0.6) is 0 Å². The van der Waals surface area contributed by atoms with Crippen molar-refractivity contribution in [2.75, 3.05) is 5.88 Å². The van der Waals surface area contributed by atoms with Crippen molar-refractivity contribution in [2.45, 2.75) is 26.3 Å². The van der Waals surface area contributed by atoms with E-state index in [-0.39, 0.29) is 11.9 Å². The Morgan fingerprint density at radius 1 is 1.79 bits per heavy atom. The molecule has 0 spiro atoms. The van der Waals surface area contributed by atoms with E-state index >= 15 is 0 Å². The lowest BCUT2D eigenvalue weighted by Crippen LogP contribution is -2.26. The summed E-state index contributed by atoms with van der Waals surface area (Å²) in [5.41, 5.74) is 0. The Morgan fingerprint density at radius 2 is 2.50 bits per heavy atom. The Balaban J connectivity index is 2.50. The normalized spacial score (nSPS) is 12.5. The summed E-state index contributed by atoms with van der Waals surface area (Å²) >= 11 is 7.05. The molecule has 3 nitrogen and oxygen atoms in total. The minimum absolute atomic E-state index is 0.0237. The van der Waals surface area contributed by atoms with E-state index in [1.165, 1.54) is 0 Å². The quantitative estimate of drug-likeness (QED) is 0.810. The highest BCUT2D eigenvalue weighted by Crippen LogP contribution is 2.18. The molecule has 0 radical (unpaired) electrons. The van der Waals surface area contributed by atoms with Crippen molar-refractivity contribution in [3.05, 3.63) is 16.1 Å². The first kappa shape index (κ1) is 11.5. The van der Waals surface area contributed by atoms with Gasteiger partial charge >= 0.3 is 0 Å². The van der Waals surface area contributed by atoms with Crippen molar-refractivity contribution < 1.29 is 4.79 Å². The Morgan fingerprint density at radius 3 is 3.00 bits per heavy atom. The van der Waals surface area contributed by atoms with Gasteiger partial charge in [-0.15, -0.1) is 22.9 Å². The average Bonchev–Trinajstić information content (AvgIpc) is 2.52. The minimum atomic E-state index is -0.0275. The lowest BCUT2D eigenvalue weighted by atomic mass is 10.3. The molecule has 0 aliphatic rings. The molecule has 78 valence electrons. The average molecular weight is 233 g/mol. The van der Waals surface area contributed by atoms with E-state index in [4.69, 9.17) is 11.6 Å². The standard InChI is InChI=1S/C9H13ClN2OS/c1-6-5-11-9(14-6)7(2)12-8(13)3-4-10/h5,7H,3-4H2,1-2H3,(H,12,13). The third-order valence-corrected chi connectivity index (χ3v) is 2.99. The number of thiazole rings is 1. The summed E-state index contributed by atoms with van der Waals surface area (Å²) in [7, 11) is 0. The molecule has 1 aromatic heterocycles. The molecule has 5 heteroatoms. The zero-order valence-electron chi connectivity index (χ0n) is 8.21. The van der Waals surface area contributed by atoms with E-state index in [1.54, 1.807) is 11.3 Å². The first-order valence-corrected chi connectivity index (χ1v) is 5.76. The molecule has 0 saturated carbocycles. The number of halogens is 1. The number of rotatable bonds is 4. The van der Waals surface area contributed by atoms with Crippen LogP contribution in [0, 0.1) is 6.92 Å². The van der Waals surface area contributed by atoms with E-state index in [0.717, 1.165) is 9.88 Å². The van der Waals surface area contributed by atoms with Gasteiger partial charge in [-0.25, -0.2) is 4.98 Å². The molecule has 1 unspecified atom stereocenters. The molecular formula is C9H13ClN2OS. The number of nitrogens with one attached hydrogen (secondary N) is 1. The van der Waals surface area contributed by atoms with Crippen LogP contribution in [-0.4, -0.2) is 16.8 Å². The summed E-state index contributed by atoms with van der Waals surface area (Å²) in [6.45, 7) is 3.92. The Kier molecular flexibility index (Phi) is 4.35. The predicted octanol–water partition coefficient (Wildman–Crippen LogP) is 2.26. The van der Waals surface area contributed by atoms with Crippen LogP contribution in [0.15, 0.2) is 6.20 Å². The van der Waals surface area contributed by atoms with Crippen LogP contribution < -0.4 is 5.32 Å². The third kappa shape index (κ3) is 3.27. The first-order valence-electron chi connectivity index (χ1n) is 4.41. The summed E-state index contributed by atoms with van der Waals surface area (Å²) < 4.78 is 0. The maximum absolute atomic E-state index is 11.2. The fourth-order valence-electron chi connectivity index (χ4n) is 1.03. The Hall–Kier alpha value is -0.610. The highest BCUT2D eigenvalue weighted by atomic mass is 35.5. The van der Waals surface area contributed by atoms with E-state index < -0.39 is 0 Å². The fourth-order valence-corrected chi connectivity index (χ4v) is 1.98. The lowest BCUT2D eigenvalue weighted by molar-refractivity contribution is -0.121.